The third kappa shape index (κ3) is 4.53. The van der Waals surface area contributed by atoms with Gasteiger partial charge in [-0.15, -0.1) is 11.3 Å². The van der Waals surface area contributed by atoms with Crippen LogP contribution in [-0.4, -0.2) is 38.6 Å². The van der Waals surface area contributed by atoms with Crippen LogP contribution in [0.25, 0.3) is 15.9 Å². The van der Waals surface area contributed by atoms with Gasteiger partial charge in [0.2, 0.25) is 0 Å². The minimum Gasteiger partial charge on any atom is -0.462 e. The van der Waals surface area contributed by atoms with Crippen molar-refractivity contribution in [1.29, 1.82) is 0 Å². The number of carbonyl (C=O) groups excluding carboxylic acids is 2. The fourth-order valence-corrected chi connectivity index (χ4v) is 7.05. The number of H-pyrrole nitrogens is 1. The van der Waals surface area contributed by atoms with Gasteiger partial charge in [-0.3, -0.25) is 14.2 Å². The number of hydrogen-bond acceptors (Lipinski definition) is 7. The number of Topliss-reactive ketones (excluding diaryl/α,β-unsaturated/α-hetero) is 1. The molecule has 0 saturated carbocycles. The molecule has 0 unspecified atom stereocenters. The molecule has 192 valence electrons. The minimum atomic E-state index is -0.544. The van der Waals surface area contributed by atoms with Gasteiger partial charge in [0, 0.05) is 10.6 Å². The molecule has 0 bridgehead atoms. The number of hydrogen-bond donors (Lipinski definition) is 1. The maximum atomic E-state index is 14.9. The van der Waals surface area contributed by atoms with E-state index in [4.69, 9.17) is 9.72 Å². The molecule has 1 aliphatic rings. The number of ether oxygens (including phenoxy) is 1. The first-order chi connectivity index (χ1) is 17.8. The molecular weight excluding hydrogens is 513 g/mol. The molecule has 10 heteroatoms. The monoisotopic (exact) mass is 539 g/mol. The van der Waals surface area contributed by atoms with Gasteiger partial charge in [-0.25, -0.2) is 14.2 Å². The van der Waals surface area contributed by atoms with Gasteiger partial charge in [-0.05, 0) is 69.7 Å². The number of thiophene rings is 1. The minimum absolute atomic E-state index is 0.0550. The Balaban J connectivity index is 1.55. The van der Waals surface area contributed by atoms with Crippen molar-refractivity contribution in [3.63, 3.8) is 0 Å². The highest BCUT2D eigenvalue weighted by molar-refractivity contribution is 7.99. The largest absolute Gasteiger partial charge is 0.462 e. The third-order valence-electron chi connectivity index (χ3n) is 6.58. The highest BCUT2D eigenvalue weighted by Crippen LogP contribution is 2.35. The lowest BCUT2D eigenvalue weighted by atomic mass is 9.97. The van der Waals surface area contributed by atoms with Crippen LogP contribution in [0.4, 0.5) is 4.39 Å². The second-order valence-electron chi connectivity index (χ2n) is 8.93. The Hall–Kier alpha value is -3.24. The molecule has 3 aromatic heterocycles. The summed E-state index contributed by atoms with van der Waals surface area (Å²) in [7, 11) is 0. The Morgan fingerprint density at radius 1 is 1.22 bits per heavy atom. The molecule has 1 N–H and O–H groups in total. The number of nitrogens with zero attached hydrogens (tertiary/aromatic N) is 2. The number of para-hydroxylation sites is 1. The number of aromatic nitrogens is 3. The number of nitrogens with one attached hydrogen (secondary N) is 1. The van der Waals surface area contributed by atoms with E-state index in [1.54, 1.807) is 39.0 Å². The van der Waals surface area contributed by atoms with Crippen LogP contribution >= 0.6 is 23.1 Å². The molecule has 5 rings (SSSR count). The molecule has 1 aromatic carbocycles. The zero-order valence-electron chi connectivity index (χ0n) is 20.8. The summed E-state index contributed by atoms with van der Waals surface area (Å²) in [5, 5.41) is 0.801. The number of rotatable bonds is 7. The Morgan fingerprint density at radius 2 is 1.97 bits per heavy atom. The zero-order chi connectivity index (χ0) is 26.3. The van der Waals surface area contributed by atoms with E-state index in [9.17, 15) is 18.8 Å². The van der Waals surface area contributed by atoms with Crippen molar-refractivity contribution >= 4 is 45.1 Å². The number of aromatic amines is 1. The summed E-state index contributed by atoms with van der Waals surface area (Å²) >= 11 is 2.59. The Labute approximate surface area is 221 Å². The molecule has 0 atom stereocenters. The molecule has 7 nitrogen and oxygen atoms in total. The Bertz CT molecular complexity index is 1600. The number of fused-ring (bicyclic) bond motifs is 3. The van der Waals surface area contributed by atoms with E-state index in [2.05, 4.69) is 4.98 Å². The molecule has 4 aromatic rings. The third-order valence-corrected chi connectivity index (χ3v) is 8.70. The number of benzene rings is 1. The van der Waals surface area contributed by atoms with Gasteiger partial charge in [0.25, 0.3) is 5.56 Å². The summed E-state index contributed by atoms with van der Waals surface area (Å²) in [6.45, 7) is 5.37. The highest BCUT2D eigenvalue weighted by Gasteiger charge is 2.26. The number of halogens is 1. The molecule has 3 heterocycles. The smallest absolute Gasteiger partial charge is 0.340 e. The molecule has 0 aliphatic heterocycles. The van der Waals surface area contributed by atoms with Gasteiger partial charge in [-0.1, -0.05) is 23.9 Å². The first-order valence-corrected chi connectivity index (χ1v) is 14.0. The van der Waals surface area contributed by atoms with Crippen molar-refractivity contribution < 1.29 is 18.7 Å². The predicted molar refractivity (Wildman–Crippen MR) is 143 cm³/mol. The lowest BCUT2D eigenvalue weighted by molar-refractivity contribution is 0.0525. The first-order valence-electron chi connectivity index (χ1n) is 12.2. The summed E-state index contributed by atoms with van der Waals surface area (Å²) in [6.07, 6.45) is 3.79. The van der Waals surface area contributed by atoms with Crippen LogP contribution in [0.2, 0.25) is 0 Å². The second kappa shape index (κ2) is 10.3. The van der Waals surface area contributed by atoms with Crippen molar-refractivity contribution in [1.82, 2.24) is 14.5 Å². The van der Waals surface area contributed by atoms with Crippen LogP contribution in [0, 0.1) is 19.7 Å². The van der Waals surface area contributed by atoms with E-state index >= 15 is 0 Å². The van der Waals surface area contributed by atoms with Crippen LogP contribution in [0.15, 0.2) is 34.2 Å². The number of thioether (sulfide) groups is 1. The number of carbonyl (C=O) groups is 2. The van der Waals surface area contributed by atoms with Gasteiger partial charge in [0.15, 0.2) is 10.9 Å². The van der Waals surface area contributed by atoms with E-state index in [0.29, 0.717) is 32.7 Å². The standard InChI is InChI=1S/C27H26FN3O4S2/c1-4-35-26(34)21-14(2)23(29-15(21)3)19(32)13-36-27-30-24-22(16-9-5-8-12-20(16)37-24)25(33)31(27)18-11-7-6-10-17(18)28/h6-7,10-11,29H,4-5,8-9,12-13H2,1-3H3. The topological polar surface area (TPSA) is 94.1 Å². The quantitative estimate of drug-likeness (QED) is 0.143. The fraction of sp³-hybridized carbons (Fsp3) is 0.333. The van der Waals surface area contributed by atoms with E-state index in [-0.39, 0.29) is 34.5 Å². The van der Waals surface area contributed by atoms with Crippen LogP contribution in [-0.2, 0) is 17.6 Å². The number of ketones is 1. The Morgan fingerprint density at radius 3 is 2.73 bits per heavy atom. The van der Waals surface area contributed by atoms with E-state index < -0.39 is 11.8 Å². The molecule has 0 saturated heterocycles. The van der Waals surface area contributed by atoms with Crippen molar-refractivity contribution in [2.75, 3.05) is 12.4 Å². The summed E-state index contributed by atoms with van der Waals surface area (Å²) in [5.74, 6) is -1.35. The van der Waals surface area contributed by atoms with Gasteiger partial charge in [0.1, 0.15) is 10.6 Å². The number of esters is 1. The molecule has 0 spiro atoms. The summed E-state index contributed by atoms with van der Waals surface area (Å²) < 4.78 is 21.3. The Kier molecular flexibility index (Phi) is 7.04. The molecule has 0 amide bonds. The molecule has 0 fully saturated rings. The lowest BCUT2D eigenvalue weighted by Gasteiger charge is -2.14. The van der Waals surface area contributed by atoms with Crippen LogP contribution < -0.4 is 5.56 Å². The number of aryl methyl sites for hydroxylation is 3. The maximum Gasteiger partial charge on any atom is 0.340 e. The van der Waals surface area contributed by atoms with E-state index in [1.165, 1.54) is 22.0 Å². The summed E-state index contributed by atoms with van der Waals surface area (Å²) in [5.41, 5.74) is 2.52. The van der Waals surface area contributed by atoms with Gasteiger partial charge >= 0.3 is 5.97 Å². The van der Waals surface area contributed by atoms with Crippen LogP contribution in [0.3, 0.4) is 0 Å². The summed E-state index contributed by atoms with van der Waals surface area (Å²) in [4.78, 5) is 48.9. The van der Waals surface area contributed by atoms with E-state index in [1.807, 2.05) is 0 Å². The lowest BCUT2D eigenvalue weighted by Crippen LogP contribution is -2.23. The second-order valence-corrected chi connectivity index (χ2v) is 11.0. The first kappa shape index (κ1) is 25.4. The van der Waals surface area contributed by atoms with Crippen molar-refractivity contribution in [2.45, 2.75) is 51.6 Å². The normalized spacial score (nSPS) is 13.1. The molecule has 1 aliphatic carbocycles. The zero-order valence-corrected chi connectivity index (χ0v) is 22.4. The average Bonchev–Trinajstić information content (AvgIpc) is 3.40. The fourth-order valence-electron chi connectivity index (χ4n) is 4.87. The highest BCUT2D eigenvalue weighted by atomic mass is 32.2. The summed E-state index contributed by atoms with van der Waals surface area (Å²) in [6, 6.07) is 6.07. The van der Waals surface area contributed by atoms with Crippen molar-refractivity contribution in [3.8, 4) is 5.69 Å². The van der Waals surface area contributed by atoms with Crippen molar-refractivity contribution in [3.05, 3.63) is 73.4 Å². The van der Waals surface area contributed by atoms with Crippen LogP contribution in [0.1, 0.15) is 62.3 Å². The molecule has 37 heavy (non-hydrogen) atoms. The molecule has 0 radical (unpaired) electrons. The van der Waals surface area contributed by atoms with Crippen LogP contribution in [0.5, 0.6) is 0 Å². The maximum absolute atomic E-state index is 14.9. The SMILES string of the molecule is CCOC(=O)c1c(C)[nH]c(C(=O)CSc2nc3sc4c(c3c(=O)n2-c2ccccc2F)CCCC4)c1C. The van der Waals surface area contributed by atoms with Gasteiger partial charge < -0.3 is 9.72 Å². The van der Waals surface area contributed by atoms with E-state index in [0.717, 1.165) is 47.9 Å². The average molecular weight is 540 g/mol. The molecular formula is C27H26FN3O4S2. The van der Waals surface area contributed by atoms with Gasteiger partial charge in [0.05, 0.1) is 34.7 Å². The van der Waals surface area contributed by atoms with Gasteiger partial charge in [-0.2, -0.15) is 0 Å². The van der Waals surface area contributed by atoms with Crippen molar-refractivity contribution in [2.24, 2.45) is 0 Å². The predicted octanol–water partition coefficient (Wildman–Crippen LogP) is 5.56.